The molecule has 0 amide bonds. The van der Waals surface area contributed by atoms with E-state index < -0.39 is 0 Å². The number of rotatable bonds is 3. The molecule has 1 heterocycles. The average Bonchev–Trinajstić information content (AvgIpc) is 3.06. The number of hydrogen-bond acceptors (Lipinski definition) is 4. The van der Waals surface area contributed by atoms with Gasteiger partial charge in [-0.25, -0.2) is 9.78 Å². The van der Waals surface area contributed by atoms with Gasteiger partial charge < -0.3 is 4.74 Å². The Kier molecular flexibility index (Phi) is 4.50. The molecule has 0 aliphatic heterocycles. The maximum absolute atomic E-state index is 12.4. The van der Waals surface area contributed by atoms with Gasteiger partial charge in [-0.2, -0.15) is 0 Å². The normalized spacial score (nSPS) is 10.8. The van der Waals surface area contributed by atoms with E-state index in [1.165, 1.54) is 0 Å². The first-order valence-corrected chi connectivity index (χ1v) is 9.53. The van der Waals surface area contributed by atoms with E-state index in [1.54, 1.807) is 23.5 Å². The maximum atomic E-state index is 12.4. The summed E-state index contributed by atoms with van der Waals surface area (Å²) in [5.41, 5.74) is 2.48. The number of carbonyl (C=O) groups excluding carboxylic acids is 1. The van der Waals surface area contributed by atoms with Gasteiger partial charge in [-0.05, 0) is 59.0 Å². The molecule has 0 atom stereocenters. The molecule has 0 aliphatic rings. The third kappa shape index (κ3) is 3.43. The standard InChI is InChI=1S/C20H12INO2S/c21-16-9-2-1-8-15(16)20(23)24-14-7-5-6-13(12-14)19-22-17-10-3-4-11-18(17)25-19/h1-12H. The first-order valence-electron chi connectivity index (χ1n) is 7.63. The number of nitrogens with zero attached hydrogens (tertiary/aromatic N) is 1. The van der Waals surface area contributed by atoms with Gasteiger partial charge in [0.15, 0.2) is 0 Å². The van der Waals surface area contributed by atoms with Crippen molar-refractivity contribution in [2.75, 3.05) is 0 Å². The summed E-state index contributed by atoms with van der Waals surface area (Å²) in [6.07, 6.45) is 0. The highest BCUT2D eigenvalue weighted by Gasteiger charge is 2.13. The number of benzene rings is 3. The van der Waals surface area contributed by atoms with Gasteiger partial charge in [0, 0.05) is 9.13 Å². The van der Waals surface area contributed by atoms with Gasteiger partial charge in [0.1, 0.15) is 10.8 Å². The molecule has 0 aliphatic carbocycles. The lowest BCUT2D eigenvalue weighted by molar-refractivity contribution is 0.0734. The van der Waals surface area contributed by atoms with Crippen molar-refractivity contribution in [3.8, 4) is 16.3 Å². The van der Waals surface area contributed by atoms with Crippen LogP contribution >= 0.6 is 33.9 Å². The lowest BCUT2D eigenvalue weighted by Gasteiger charge is -2.07. The van der Waals surface area contributed by atoms with E-state index in [-0.39, 0.29) is 5.97 Å². The fraction of sp³-hybridized carbons (Fsp3) is 0. The predicted molar refractivity (Wildman–Crippen MR) is 109 cm³/mol. The minimum atomic E-state index is -0.355. The van der Waals surface area contributed by atoms with Gasteiger partial charge in [0.05, 0.1) is 15.8 Å². The molecule has 3 aromatic carbocycles. The van der Waals surface area contributed by atoms with E-state index in [2.05, 4.69) is 33.6 Å². The van der Waals surface area contributed by atoms with Gasteiger partial charge in [-0.3, -0.25) is 0 Å². The number of esters is 1. The van der Waals surface area contributed by atoms with Gasteiger partial charge in [0.2, 0.25) is 0 Å². The molecule has 25 heavy (non-hydrogen) atoms. The Morgan fingerprint density at radius 3 is 2.60 bits per heavy atom. The predicted octanol–water partition coefficient (Wildman–Crippen LogP) is 5.79. The zero-order chi connectivity index (χ0) is 17.2. The molecule has 4 rings (SSSR count). The fourth-order valence-electron chi connectivity index (χ4n) is 2.48. The van der Waals surface area contributed by atoms with Crippen molar-refractivity contribution >= 4 is 50.1 Å². The molecule has 0 bridgehead atoms. The summed E-state index contributed by atoms with van der Waals surface area (Å²) < 4.78 is 7.56. The van der Waals surface area contributed by atoms with Crippen LogP contribution in [0.25, 0.3) is 20.8 Å². The summed E-state index contributed by atoms with van der Waals surface area (Å²) in [7, 11) is 0. The van der Waals surface area contributed by atoms with Crippen molar-refractivity contribution in [2.45, 2.75) is 0 Å². The monoisotopic (exact) mass is 457 g/mol. The highest BCUT2D eigenvalue weighted by molar-refractivity contribution is 14.1. The van der Waals surface area contributed by atoms with Crippen LogP contribution in [0.15, 0.2) is 72.8 Å². The first kappa shape index (κ1) is 16.2. The average molecular weight is 457 g/mol. The Labute approximate surface area is 162 Å². The lowest BCUT2D eigenvalue weighted by Crippen LogP contribution is -2.10. The Hall–Kier alpha value is -2.25. The Morgan fingerprint density at radius 1 is 0.960 bits per heavy atom. The number of carbonyl (C=O) groups is 1. The molecule has 0 saturated carbocycles. The lowest BCUT2D eigenvalue weighted by atomic mass is 10.2. The van der Waals surface area contributed by atoms with E-state index in [0.29, 0.717) is 11.3 Å². The van der Waals surface area contributed by atoms with Crippen LogP contribution in [0.3, 0.4) is 0 Å². The summed E-state index contributed by atoms with van der Waals surface area (Å²) in [4.78, 5) is 17.0. The number of ether oxygens (including phenoxy) is 1. The van der Waals surface area contributed by atoms with Crippen LogP contribution in [0.5, 0.6) is 5.75 Å². The number of thiazole rings is 1. The molecule has 0 radical (unpaired) electrons. The quantitative estimate of drug-likeness (QED) is 0.222. The Balaban J connectivity index is 1.63. The Bertz CT molecular complexity index is 1040. The summed E-state index contributed by atoms with van der Waals surface area (Å²) in [5, 5.41) is 0.911. The minimum Gasteiger partial charge on any atom is -0.423 e. The molecule has 0 spiro atoms. The third-order valence-electron chi connectivity index (χ3n) is 3.68. The second-order valence-electron chi connectivity index (χ2n) is 5.38. The fourth-order valence-corrected chi connectivity index (χ4v) is 4.05. The number of aromatic nitrogens is 1. The van der Waals surface area contributed by atoms with E-state index in [4.69, 9.17) is 4.74 Å². The molecule has 0 unspecified atom stereocenters. The Morgan fingerprint density at radius 2 is 1.76 bits per heavy atom. The molecule has 0 fully saturated rings. The van der Waals surface area contributed by atoms with Crippen LogP contribution in [0.1, 0.15) is 10.4 Å². The van der Waals surface area contributed by atoms with E-state index >= 15 is 0 Å². The summed E-state index contributed by atoms with van der Waals surface area (Å²) >= 11 is 3.76. The van der Waals surface area contributed by atoms with Crippen molar-refractivity contribution in [2.24, 2.45) is 0 Å². The zero-order valence-electron chi connectivity index (χ0n) is 13.0. The summed E-state index contributed by atoms with van der Waals surface area (Å²) in [5.74, 6) is 0.160. The highest BCUT2D eigenvalue weighted by atomic mass is 127. The van der Waals surface area contributed by atoms with E-state index in [0.717, 1.165) is 24.4 Å². The van der Waals surface area contributed by atoms with Crippen molar-refractivity contribution in [1.82, 2.24) is 4.98 Å². The number of para-hydroxylation sites is 1. The minimum absolute atomic E-state index is 0.355. The molecular formula is C20H12INO2S. The molecule has 0 N–H and O–H groups in total. The largest absolute Gasteiger partial charge is 0.423 e. The zero-order valence-corrected chi connectivity index (χ0v) is 16.0. The summed E-state index contributed by atoms with van der Waals surface area (Å²) in [6.45, 7) is 0. The molecule has 5 heteroatoms. The number of halogens is 1. The van der Waals surface area contributed by atoms with Crippen LogP contribution in [-0.4, -0.2) is 11.0 Å². The third-order valence-corrected chi connectivity index (χ3v) is 5.71. The van der Waals surface area contributed by atoms with Crippen LogP contribution in [0.4, 0.5) is 0 Å². The maximum Gasteiger partial charge on any atom is 0.344 e. The van der Waals surface area contributed by atoms with Gasteiger partial charge in [-0.15, -0.1) is 11.3 Å². The highest BCUT2D eigenvalue weighted by Crippen LogP contribution is 2.31. The molecule has 3 nitrogen and oxygen atoms in total. The van der Waals surface area contributed by atoms with Crippen molar-refractivity contribution in [1.29, 1.82) is 0 Å². The van der Waals surface area contributed by atoms with Gasteiger partial charge in [0.25, 0.3) is 0 Å². The first-order chi connectivity index (χ1) is 12.2. The second kappa shape index (κ2) is 6.93. The van der Waals surface area contributed by atoms with E-state index in [1.807, 2.05) is 54.6 Å². The van der Waals surface area contributed by atoms with Crippen molar-refractivity contribution < 1.29 is 9.53 Å². The molecule has 4 aromatic rings. The van der Waals surface area contributed by atoms with Gasteiger partial charge in [-0.1, -0.05) is 36.4 Å². The number of hydrogen-bond donors (Lipinski definition) is 0. The van der Waals surface area contributed by atoms with Crippen molar-refractivity contribution in [3.05, 3.63) is 81.9 Å². The SMILES string of the molecule is O=C(Oc1cccc(-c2nc3ccccc3s2)c1)c1ccccc1I. The van der Waals surface area contributed by atoms with E-state index in [9.17, 15) is 4.79 Å². The molecular weight excluding hydrogens is 445 g/mol. The second-order valence-corrected chi connectivity index (χ2v) is 7.58. The van der Waals surface area contributed by atoms with Crippen LogP contribution in [0, 0.1) is 3.57 Å². The molecule has 122 valence electrons. The smallest absolute Gasteiger partial charge is 0.344 e. The van der Waals surface area contributed by atoms with Crippen LogP contribution < -0.4 is 4.74 Å². The topological polar surface area (TPSA) is 39.2 Å². The molecule has 1 aromatic heterocycles. The molecule has 0 saturated heterocycles. The van der Waals surface area contributed by atoms with Crippen molar-refractivity contribution in [3.63, 3.8) is 0 Å². The van der Waals surface area contributed by atoms with Crippen LogP contribution in [-0.2, 0) is 0 Å². The van der Waals surface area contributed by atoms with Gasteiger partial charge >= 0.3 is 5.97 Å². The van der Waals surface area contributed by atoms with Crippen LogP contribution in [0.2, 0.25) is 0 Å². The number of fused-ring (bicyclic) bond motifs is 1. The summed E-state index contributed by atoms with van der Waals surface area (Å²) in [6, 6.07) is 22.9.